The van der Waals surface area contributed by atoms with Gasteiger partial charge in [-0.3, -0.25) is 19.2 Å². The summed E-state index contributed by atoms with van der Waals surface area (Å²) in [6.07, 6.45) is -9.70. The van der Waals surface area contributed by atoms with Gasteiger partial charge in [0.2, 0.25) is 17.3 Å². The zero-order valence-corrected chi connectivity index (χ0v) is 24.2. The summed E-state index contributed by atoms with van der Waals surface area (Å²) in [6, 6.07) is 2.68. The maximum Gasteiger partial charge on any atom is 0.374 e. The quantitative estimate of drug-likeness (QED) is 0.132. The van der Waals surface area contributed by atoms with E-state index in [1.165, 1.54) is 32.2 Å². The van der Waals surface area contributed by atoms with E-state index in [2.05, 4.69) is 4.74 Å². The average molecular weight is 632 g/mol. The van der Waals surface area contributed by atoms with E-state index < -0.39 is 119 Å². The first-order chi connectivity index (χ1) is 21.1. The number of esters is 1. The molecule has 1 aliphatic heterocycles. The van der Waals surface area contributed by atoms with Crippen LogP contribution in [0.3, 0.4) is 0 Å². The highest BCUT2D eigenvalue weighted by Crippen LogP contribution is 2.52. The molecule has 14 nitrogen and oxygen atoms in total. The van der Waals surface area contributed by atoms with E-state index in [-0.39, 0.29) is 22.4 Å². The summed E-state index contributed by atoms with van der Waals surface area (Å²) >= 11 is 0. The van der Waals surface area contributed by atoms with Crippen molar-refractivity contribution in [1.82, 2.24) is 0 Å². The molecule has 0 amide bonds. The average Bonchev–Trinajstić information content (AvgIpc) is 3.00. The largest absolute Gasteiger partial charge is 0.507 e. The Bertz CT molecular complexity index is 1640. The van der Waals surface area contributed by atoms with Crippen LogP contribution in [0.1, 0.15) is 69.3 Å². The highest BCUT2D eigenvalue weighted by atomic mass is 19.1. The van der Waals surface area contributed by atoms with Gasteiger partial charge in [-0.2, -0.15) is 0 Å². The Balaban J connectivity index is 1.65. The number of aliphatic hydroxyl groups excluding tert-OH is 1. The van der Waals surface area contributed by atoms with Crippen molar-refractivity contribution in [1.29, 1.82) is 0 Å². The smallest absolute Gasteiger partial charge is 0.374 e. The van der Waals surface area contributed by atoms with Crippen molar-refractivity contribution in [3.63, 3.8) is 0 Å². The number of ketones is 4. The van der Waals surface area contributed by atoms with E-state index in [0.29, 0.717) is 0 Å². The number of hydrogen-bond donors (Lipinski definition) is 5. The van der Waals surface area contributed by atoms with Crippen LogP contribution in [0.5, 0.6) is 17.2 Å². The number of carbonyl (C=O) groups excluding carboxylic acids is 5. The van der Waals surface area contributed by atoms with Crippen molar-refractivity contribution < 1.29 is 67.7 Å². The van der Waals surface area contributed by atoms with Crippen LogP contribution >= 0.6 is 0 Å². The van der Waals surface area contributed by atoms with Crippen LogP contribution in [0.2, 0.25) is 0 Å². The van der Waals surface area contributed by atoms with E-state index in [1.807, 2.05) is 0 Å². The molecule has 3 aliphatic rings. The lowest BCUT2D eigenvalue weighted by Gasteiger charge is -2.43. The Labute approximate surface area is 254 Å². The molecule has 2 aliphatic carbocycles. The second-order valence-electron chi connectivity index (χ2n) is 11.2. The molecule has 1 fully saturated rings. The van der Waals surface area contributed by atoms with E-state index in [4.69, 9.17) is 19.9 Å². The third-order valence-electron chi connectivity index (χ3n) is 8.37. The molecule has 6 N–H and O–H groups in total. The van der Waals surface area contributed by atoms with Crippen molar-refractivity contribution in [3.8, 4) is 17.2 Å². The molecule has 0 bridgehead atoms. The number of ether oxygens (including phenoxy) is 4. The fourth-order valence-electron chi connectivity index (χ4n) is 5.93. The third-order valence-corrected chi connectivity index (χ3v) is 8.37. The summed E-state index contributed by atoms with van der Waals surface area (Å²) in [7, 11) is 1.27. The van der Waals surface area contributed by atoms with E-state index in [0.717, 1.165) is 6.92 Å². The molecule has 2 aromatic rings. The highest BCUT2D eigenvalue weighted by Gasteiger charge is 2.52. The first-order valence-corrected chi connectivity index (χ1v) is 13.8. The number of phenolic OH excluding ortho intramolecular Hbond substituents is 2. The summed E-state index contributed by atoms with van der Waals surface area (Å²) in [4.78, 5) is 63.6. The lowest BCUT2D eigenvalue weighted by atomic mass is 9.72. The van der Waals surface area contributed by atoms with Gasteiger partial charge in [-0.25, -0.2) is 9.18 Å². The molecular weight excluding hydrogens is 601 g/mol. The van der Waals surface area contributed by atoms with Gasteiger partial charge in [0, 0.05) is 36.5 Å². The number of fused-ring (bicyclic) bond motifs is 3. The summed E-state index contributed by atoms with van der Waals surface area (Å²) in [5, 5.41) is 44.7. The molecule has 0 spiro atoms. The molecule has 0 saturated carbocycles. The second-order valence-corrected chi connectivity index (χ2v) is 11.2. The Morgan fingerprint density at radius 1 is 1.11 bits per heavy atom. The molecule has 5 rings (SSSR count). The summed E-state index contributed by atoms with van der Waals surface area (Å²) in [5.41, 5.74) is 0.941. The highest BCUT2D eigenvalue weighted by molar-refractivity contribution is 6.33. The molecular formula is C30H30FNO13. The fourth-order valence-corrected chi connectivity index (χ4v) is 5.93. The lowest BCUT2D eigenvalue weighted by molar-refractivity contribution is -0.273. The van der Waals surface area contributed by atoms with Crippen molar-refractivity contribution in [2.75, 3.05) is 13.7 Å². The van der Waals surface area contributed by atoms with Gasteiger partial charge in [-0.1, -0.05) is 12.1 Å². The number of alkyl halides is 1. The fraction of sp³-hybridized carbons (Fsp3) is 0.433. The molecule has 15 heteroatoms. The predicted molar refractivity (Wildman–Crippen MR) is 147 cm³/mol. The molecule has 7 atom stereocenters. The Kier molecular flexibility index (Phi) is 8.26. The number of hydrogen-bond acceptors (Lipinski definition) is 14. The second kappa shape index (κ2) is 11.6. The van der Waals surface area contributed by atoms with Crippen LogP contribution in [-0.4, -0.2) is 99.6 Å². The minimum atomic E-state index is -2.54. The van der Waals surface area contributed by atoms with Crippen LogP contribution in [0.25, 0.3) is 0 Å². The Morgan fingerprint density at radius 2 is 1.78 bits per heavy atom. The van der Waals surface area contributed by atoms with Crippen molar-refractivity contribution >= 4 is 29.1 Å². The van der Waals surface area contributed by atoms with Gasteiger partial charge in [-0.05, 0) is 13.0 Å². The molecule has 240 valence electrons. The van der Waals surface area contributed by atoms with Crippen molar-refractivity contribution in [2.45, 2.75) is 69.1 Å². The summed E-state index contributed by atoms with van der Waals surface area (Å²) in [6.45, 7) is 1.21. The van der Waals surface area contributed by atoms with Gasteiger partial charge in [0.1, 0.15) is 22.8 Å². The van der Waals surface area contributed by atoms with E-state index in [9.17, 15) is 44.4 Å². The topological polar surface area (TPSA) is 229 Å². The number of phenols is 2. The van der Waals surface area contributed by atoms with Gasteiger partial charge >= 0.3 is 5.97 Å². The number of rotatable bonds is 7. The first-order valence-electron chi connectivity index (χ1n) is 13.8. The van der Waals surface area contributed by atoms with E-state index >= 15 is 4.39 Å². The number of methoxy groups -OCH3 is 1. The molecule has 0 aromatic heterocycles. The minimum absolute atomic E-state index is 0.0124. The van der Waals surface area contributed by atoms with Crippen molar-refractivity contribution in [2.24, 2.45) is 5.73 Å². The SMILES string of the molecule is COc1cccc2c1C(=O)c1c(O)c3c(c(O)c1C2=O)C[C@@](O)(C(=O)COC(=O)C(C)=O)C[C@@H]3O[C@@H]1O[C@@H](C)[C@@H](O)[C@@H](N)[C@H]1F. The summed E-state index contributed by atoms with van der Waals surface area (Å²) in [5.74, 6) is -7.01. The number of Topliss-reactive ketones (excluding diaryl/α,β-unsaturated/α-hetero) is 2. The number of carbonyl (C=O) groups is 5. The van der Waals surface area contributed by atoms with Crippen LogP contribution in [-0.2, 0) is 35.0 Å². The zero-order chi connectivity index (χ0) is 33.1. The predicted octanol–water partition coefficient (Wildman–Crippen LogP) is 0.0892. The lowest BCUT2D eigenvalue weighted by Crippen LogP contribution is -2.60. The number of halogens is 1. The molecule has 0 radical (unpaired) electrons. The standard InChI is InChI=1S/C30H30FNO13/c1-10(33)28(40)43-9-16(34)30(41)7-13-18(15(8-30)45-29-21(31)22(32)23(35)11(2)44-29)27(39)20-19(25(13)37)24(36)12-5-4-6-14(42-3)17(12)26(20)38/h4-6,11,15,21-23,29,35,37,39,41H,7-9,32H2,1-3H3/t11-,15-,21+,22-,23+,29-,30-/m0/s1. The van der Waals surface area contributed by atoms with Gasteiger partial charge < -0.3 is 45.1 Å². The van der Waals surface area contributed by atoms with Crippen LogP contribution < -0.4 is 10.5 Å². The zero-order valence-electron chi connectivity index (χ0n) is 24.2. The number of benzene rings is 2. The summed E-state index contributed by atoms with van der Waals surface area (Å²) < 4.78 is 36.4. The van der Waals surface area contributed by atoms with Gasteiger partial charge in [0.15, 0.2) is 24.9 Å². The molecule has 2 aromatic carbocycles. The first kappa shape index (κ1) is 32.1. The van der Waals surface area contributed by atoms with Crippen LogP contribution in [0.4, 0.5) is 4.39 Å². The van der Waals surface area contributed by atoms with Gasteiger partial charge in [0.05, 0.1) is 48.2 Å². The number of nitrogens with two attached hydrogens (primary N) is 1. The number of aromatic hydroxyl groups is 2. The van der Waals surface area contributed by atoms with Gasteiger partial charge in [-0.15, -0.1) is 0 Å². The molecule has 0 unspecified atom stereocenters. The monoisotopic (exact) mass is 631 g/mol. The molecule has 1 heterocycles. The number of aliphatic hydroxyl groups is 2. The Hall–Kier alpha value is -4.28. The Morgan fingerprint density at radius 3 is 2.42 bits per heavy atom. The third kappa shape index (κ3) is 5.15. The molecule has 1 saturated heterocycles. The minimum Gasteiger partial charge on any atom is -0.507 e. The van der Waals surface area contributed by atoms with Gasteiger partial charge in [0.25, 0.3) is 0 Å². The maximum absolute atomic E-state index is 15.3. The normalized spacial score (nSPS) is 28.9. The van der Waals surface area contributed by atoms with Crippen LogP contribution in [0.15, 0.2) is 18.2 Å². The van der Waals surface area contributed by atoms with Crippen molar-refractivity contribution in [3.05, 3.63) is 51.6 Å². The molecule has 45 heavy (non-hydrogen) atoms. The maximum atomic E-state index is 15.3. The van der Waals surface area contributed by atoms with E-state index in [1.54, 1.807) is 0 Å². The van der Waals surface area contributed by atoms with Crippen LogP contribution in [0, 0.1) is 0 Å².